The third kappa shape index (κ3) is 3.02. The van der Waals surface area contributed by atoms with Crippen LogP contribution < -0.4 is 11.1 Å². The minimum absolute atomic E-state index is 0.166. The highest BCUT2D eigenvalue weighted by Gasteiger charge is 2.26. The average molecular weight is 387 g/mol. The predicted molar refractivity (Wildman–Crippen MR) is 102 cm³/mol. The topological polar surface area (TPSA) is 85.3 Å². The highest BCUT2D eigenvalue weighted by molar-refractivity contribution is 7.17. The van der Waals surface area contributed by atoms with E-state index in [1.807, 2.05) is 12.1 Å². The van der Waals surface area contributed by atoms with Crippen LogP contribution in [0.2, 0.25) is 5.02 Å². The Labute approximate surface area is 158 Å². The molecule has 0 saturated heterocycles. The third-order valence-electron chi connectivity index (χ3n) is 4.35. The number of hydrogen-bond donors (Lipinski definition) is 2. The molecule has 1 aliphatic carbocycles. The number of halogens is 1. The normalized spacial score (nSPS) is 12.8. The summed E-state index contributed by atoms with van der Waals surface area (Å²) in [4.78, 5) is 25.5. The van der Waals surface area contributed by atoms with Crippen LogP contribution in [0.3, 0.4) is 0 Å². The molecule has 132 valence electrons. The smallest absolute Gasteiger partial charge is 0.292 e. The number of benzene rings is 1. The second-order valence-corrected chi connectivity index (χ2v) is 7.59. The van der Waals surface area contributed by atoms with Gasteiger partial charge in [-0.25, -0.2) is 0 Å². The van der Waals surface area contributed by atoms with Crippen LogP contribution in [-0.4, -0.2) is 11.8 Å². The Morgan fingerprint density at radius 1 is 1.12 bits per heavy atom. The second kappa shape index (κ2) is 6.63. The quantitative estimate of drug-likeness (QED) is 0.692. The van der Waals surface area contributed by atoms with E-state index in [0.29, 0.717) is 21.3 Å². The van der Waals surface area contributed by atoms with Gasteiger partial charge in [-0.1, -0.05) is 11.6 Å². The van der Waals surface area contributed by atoms with E-state index in [2.05, 4.69) is 5.32 Å². The highest BCUT2D eigenvalue weighted by atomic mass is 35.5. The molecule has 26 heavy (non-hydrogen) atoms. The fraction of sp³-hybridized carbons (Fsp3) is 0.158. The van der Waals surface area contributed by atoms with Gasteiger partial charge in [-0.15, -0.1) is 11.3 Å². The number of anilines is 1. The molecule has 0 radical (unpaired) electrons. The van der Waals surface area contributed by atoms with Gasteiger partial charge in [-0.2, -0.15) is 0 Å². The molecule has 3 N–H and O–H groups in total. The maximum Gasteiger partial charge on any atom is 0.292 e. The predicted octanol–water partition coefficient (Wildman–Crippen LogP) is 4.50. The number of aryl methyl sites for hydroxylation is 1. The van der Waals surface area contributed by atoms with E-state index in [9.17, 15) is 9.59 Å². The zero-order chi connectivity index (χ0) is 18.3. The Hall–Kier alpha value is -2.57. The summed E-state index contributed by atoms with van der Waals surface area (Å²) in [5, 5.41) is 3.90. The van der Waals surface area contributed by atoms with Crippen molar-refractivity contribution in [1.29, 1.82) is 0 Å². The van der Waals surface area contributed by atoms with Gasteiger partial charge in [0.05, 0.1) is 5.56 Å². The number of nitrogens with two attached hydrogens (primary N) is 1. The van der Waals surface area contributed by atoms with Crippen molar-refractivity contribution in [3.63, 3.8) is 0 Å². The monoisotopic (exact) mass is 386 g/mol. The van der Waals surface area contributed by atoms with Gasteiger partial charge in [0.1, 0.15) is 10.8 Å². The minimum atomic E-state index is -0.513. The number of carbonyl (C=O) groups is 2. The lowest BCUT2D eigenvalue weighted by atomic mass is 10.1. The molecule has 0 aliphatic heterocycles. The maximum absolute atomic E-state index is 12.5. The fourth-order valence-corrected chi connectivity index (χ4v) is 4.56. The number of thiophene rings is 1. The van der Waals surface area contributed by atoms with Gasteiger partial charge in [0.2, 0.25) is 0 Å². The van der Waals surface area contributed by atoms with E-state index in [-0.39, 0.29) is 5.76 Å². The summed E-state index contributed by atoms with van der Waals surface area (Å²) in [7, 11) is 0. The lowest BCUT2D eigenvalue weighted by Gasteiger charge is -2.04. The van der Waals surface area contributed by atoms with E-state index in [1.54, 1.807) is 24.3 Å². The minimum Gasteiger partial charge on any atom is -0.451 e. The van der Waals surface area contributed by atoms with E-state index < -0.39 is 11.8 Å². The third-order valence-corrected chi connectivity index (χ3v) is 5.81. The molecular weight excluding hydrogens is 372 g/mol. The summed E-state index contributed by atoms with van der Waals surface area (Å²) < 4.78 is 5.65. The van der Waals surface area contributed by atoms with Gasteiger partial charge in [-0.3, -0.25) is 9.59 Å². The summed E-state index contributed by atoms with van der Waals surface area (Å²) in [6.45, 7) is 0. The highest BCUT2D eigenvalue weighted by Crippen LogP contribution is 2.39. The standard InChI is InChI=1S/C19H15ClN2O3S/c20-11-6-4-10(5-7-11)13-8-9-14(25-13)18(24)22-19-16(17(21)23)12-2-1-3-15(12)26-19/h4-9H,1-3H2,(H2,21,23)(H,22,24). The van der Waals surface area contributed by atoms with Crippen molar-refractivity contribution < 1.29 is 14.0 Å². The molecule has 3 aromatic rings. The molecule has 5 nitrogen and oxygen atoms in total. The van der Waals surface area contributed by atoms with Crippen LogP contribution in [0.4, 0.5) is 5.00 Å². The Bertz CT molecular complexity index is 1000. The average Bonchev–Trinajstić information content (AvgIpc) is 3.30. The Morgan fingerprint density at radius 2 is 1.88 bits per heavy atom. The molecule has 0 unspecified atom stereocenters. The molecule has 7 heteroatoms. The molecule has 2 aromatic heterocycles. The molecule has 1 aromatic carbocycles. The van der Waals surface area contributed by atoms with Crippen molar-refractivity contribution in [2.45, 2.75) is 19.3 Å². The first-order valence-electron chi connectivity index (χ1n) is 8.14. The molecule has 0 fully saturated rings. The van der Waals surface area contributed by atoms with Crippen LogP contribution in [0, 0.1) is 0 Å². The molecule has 4 rings (SSSR count). The number of rotatable bonds is 4. The summed E-state index contributed by atoms with van der Waals surface area (Å²) in [5.41, 5.74) is 7.74. The van der Waals surface area contributed by atoms with Gasteiger partial charge in [0, 0.05) is 15.5 Å². The van der Waals surface area contributed by atoms with Crippen molar-refractivity contribution in [1.82, 2.24) is 0 Å². The van der Waals surface area contributed by atoms with Crippen molar-refractivity contribution in [2.75, 3.05) is 5.32 Å². The zero-order valence-corrected chi connectivity index (χ0v) is 15.2. The summed E-state index contributed by atoms with van der Waals surface area (Å²) >= 11 is 7.30. The lowest BCUT2D eigenvalue weighted by molar-refractivity contribution is 0.0998. The number of hydrogen-bond acceptors (Lipinski definition) is 4. The number of furan rings is 1. The van der Waals surface area contributed by atoms with Gasteiger partial charge in [0.15, 0.2) is 5.76 Å². The molecule has 2 heterocycles. The number of nitrogens with one attached hydrogen (secondary N) is 1. The second-order valence-electron chi connectivity index (χ2n) is 6.05. The number of primary amides is 1. The Kier molecular flexibility index (Phi) is 4.30. The first-order valence-corrected chi connectivity index (χ1v) is 9.34. The van der Waals surface area contributed by atoms with Gasteiger partial charge in [-0.05, 0) is 61.2 Å². The van der Waals surface area contributed by atoms with Gasteiger partial charge >= 0.3 is 0 Å². The Balaban J connectivity index is 1.58. The van der Waals surface area contributed by atoms with Crippen molar-refractivity contribution in [3.05, 3.63) is 63.2 Å². The zero-order valence-electron chi connectivity index (χ0n) is 13.7. The van der Waals surface area contributed by atoms with Crippen LogP contribution in [-0.2, 0) is 12.8 Å². The van der Waals surface area contributed by atoms with E-state index in [4.69, 9.17) is 21.8 Å². The molecule has 0 saturated carbocycles. The molecule has 1 aliphatic rings. The van der Waals surface area contributed by atoms with Crippen LogP contribution in [0.5, 0.6) is 0 Å². The molecular formula is C19H15ClN2O3S. The molecule has 0 spiro atoms. The van der Waals surface area contributed by atoms with E-state index in [1.165, 1.54) is 11.3 Å². The largest absolute Gasteiger partial charge is 0.451 e. The van der Waals surface area contributed by atoms with Crippen LogP contribution in [0.25, 0.3) is 11.3 Å². The van der Waals surface area contributed by atoms with Crippen LogP contribution in [0.1, 0.15) is 37.8 Å². The number of amides is 2. The summed E-state index contributed by atoms with van der Waals surface area (Å²) in [6, 6.07) is 10.5. The summed E-state index contributed by atoms with van der Waals surface area (Å²) in [5.74, 6) is -0.191. The Morgan fingerprint density at radius 3 is 2.62 bits per heavy atom. The number of carbonyl (C=O) groups excluding carboxylic acids is 2. The SMILES string of the molecule is NC(=O)c1c(NC(=O)c2ccc(-c3ccc(Cl)cc3)o2)sc2c1CCC2. The molecule has 0 bridgehead atoms. The van der Waals surface area contributed by atoms with Gasteiger partial charge in [0.25, 0.3) is 11.8 Å². The first kappa shape index (κ1) is 16.9. The summed E-state index contributed by atoms with van der Waals surface area (Å²) in [6.07, 6.45) is 2.75. The molecule has 2 amide bonds. The van der Waals surface area contributed by atoms with Crippen LogP contribution >= 0.6 is 22.9 Å². The van der Waals surface area contributed by atoms with E-state index >= 15 is 0 Å². The fourth-order valence-electron chi connectivity index (χ4n) is 3.15. The number of fused-ring (bicyclic) bond motifs is 1. The van der Waals surface area contributed by atoms with Crippen molar-refractivity contribution >= 4 is 39.8 Å². The van der Waals surface area contributed by atoms with Gasteiger partial charge < -0.3 is 15.5 Å². The van der Waals surface area contributed by atoms with Crippen LogP contribution in [0.15, 0.2) is 40.8 Å². The van der Waals surface area contributed by atoms with Crippen molar-refractivity contribution in [2.24, 2.45) is 5.73 Å². The molecule has 0 atom stereocenters. The maximum atomic E-state index is 12.5. The van der Waals surface area contributed by atoms with E-state index in [0.717, 1.165) is 35.3 Å². The first-order chi connectivity index (χ1) is 12.5. The van der Waals surface area contributed by atoms with Crippen molar-refractivity contribution in [3.8, 4) is 11.3 Å². The lowest BCUT2D eigenvalue weighted by Crippen LogP contribution is -2.17.